The topological polar surface area (TPSA) is 3.01 Å². The maximum atomic E-state index is 2.25. The minimum absolute atomic E-state index is 0.639. The Balaban J connectivity index is 4.00. The highest BCUT2D eigenvalue weighted by Crippen LogP contribution is 1.84. The molecule has 0 aromatic heterocycles. The van der Waals surface area contributed by atoms with Crippen LogP contribution in [0.2, 0.25) is 0 Å². The van der Waals surface area contributed by atoms with Crippen molar-refractivity contribution < 1.29 is 4.58 Å². The zero-order valence-electron chi connectivity index (χ0n) is 6.52. The van der Waals surface area contributed by atoms with E-state index in [1.807, 2.05) is 0 Å². The summed E-state index contributed by atoms with van der Waals surface area (Å²) in [6.07, 6.45) is 0. The van der Waals surface area contributed by atoms with Gasteiger partial charge in [0.2, 0.25) is 0 Å². The highest BCUT2D eigenvalue weighted by atomic mass is 15.0. The lowest BCUT2D eigenvalue weighted by Gasteiger charge is -2.00. The summed E-state index contributed by atoms with van der Waals surface area (Å²) in [5, 5.41) is 0. The van der Waals surface area contributed by atoms with Crippen molar-refractivity contribution in [2.75, 3.05) is 7.05 Å². The van der Waals surface area contributed by atoms with Crippen LogP contribution in [0.25, 0.3) is 0 Å². The molecule has 48 valence electrons. The van der Waals surface area contributed by atoms with Crippen LogP contribution in [0, 0.1) is 0 Å². The molecule has 0 heterocycles. The maximum absolute atomic E-state index is 2.25. The fraction of sp³-hybridized carbons (Fsp3) is 0.857. The van der Waals surface area contributed by atoms with Crippen molar-refractivity contribution in [1.82, 2.24) is 0 Å². The Labute approximate surface area is 52.0 Å². The van der Waals surface area contributed by atoms with E-state index in [1.54, 1.807) is 0 Å². The molecule has 0 aromatic carbocycles. The van der Waals surface area contributed by atoms with E-state index in [1.165, 1.54) is 5.71 Å². The second-order valence-electron chi connectivity index (χ2n) is 2.65. The summed E-state index contributed by atoms with van der Waals surface area (Å²) in [6.45, 7) is 8.62. The molecule has 1 nitrogen and oxygen atoms in total. The predicted octanol–water partition coefficient (Wildman–Crippen LogP) is 1.52. The minimum Gasteiger partial charge on any atom is -0.238 e. The van der Waals surface area contributed by atoms with Gasteiger partial charge in [0, 0.05) is 13.8 Å². The molecule has 0 bridgehead atoms. The van der Waals surface area contributed by atoms with E-state index in [9.17, 15) is 0 Å². The van der Waals surface area contributed by atoms with E-state index < -0.39 is 0 Å². The van der Waals surface area contributed by atoms with Crippen LogP contribution in [0.15, 0.2) is 0 Å². The number of rotatable bonds is 1. The van der Waals surface area contributed by atoms with Crippen LogP contribution < -0.4 is 0 Å². The fourth-order valence-electron chi connectivity index (χ4n) is 0.516. The molecule has 0 radical (unpaired) electrons. The predicted molar refractivity (Wildman–Crippen MR) is 37.7 cm³/mol. The number of nitrogens with zero attached hydrogens (tertiary/aromatic N) is 1. The molecule has 8 heavy (non-hydrogen) atoms. The summed E-state index contributed by atoms with van der Waals surface area (Å²) in [5.41, 5.74) is 1.38. The summed E-state index contributed by atoms with van der Waals surface area (Å²) in [7, 11) is 2.11. The molecule has 0 N–H and O–H groups in total. The van der Waals surface area contributed by atoms with E-state index in [2.05, 4.69) is 39.3 Å². The molecule has 0 saturated carbocycles. The second-order valence-corrected chi connectivity index (χ2v) is 2.65. The van der Waals surface area contributed by atoms with Crippen molar-refractivity contribution in [3.8, 4) is 0 Å². The van der Waals surface area contributed by atoms with Crippen molar-refractivity contribution in [2.45, 2.75) is 33.7 Å². The van der Waals surface area contributed by atoms with Crippen molar-refractivity contribution in [3.05, 3.63) is 0 Å². The second kappa shape index (κ2) is 2.85. The van der Waals surface area contributed by atoms with Crippen molar-refractivity contribution in [3.63, 3.8) is 0 Å². The number of hydrogen-bond acceptors (Lipinski definition) is 0. The lowest BCUT2D eigenvalue weighted by Crippen LogP contribution is -2.19. The lowest BCUT2D eigenvalue weighted by molar-refractivity contribution is -0.530. The molecule has 0 unspecified atom stereocenters. The van der Waals surface area contributed by atoms with Crippen LogP contribution in [0.3, 0.4) is 0 Å². The zero-order valence-corrected chi connectivity index (χ0v) is 6.52. The van der Waals surface area contributed by atoms with Gasteiger partial charge in [-0.15, -0.1) is 0 Å². The lowest BCUT2D eigenvalue weighted by atomic mass is 10.3. The average Bonchev–Trinajstić information content (AvgIpc) is 1.64. The standard InChI is InChI=1S/C7H16N/c1-6(2)8(5)7(3)4/h6H,1-5H3/q+1. The van der Waals surface area contributed by atoms with Gasteiger partial charge in [-0.05, 0) is 13.8 Å². The van der Waals surface area contributed by atoms with Crippen LogP contribution in [-0.2, 0) is 0 Å². The van der Waals surface area contributed by atoms with E-state index in [0.29, 0.717) is 6.04 Å². The van der Waals surface area contributed by atoms with Crippen molar-refractivity contribution in [1.29, 1.82) is 0 Å². The van der Waals surface area contributed by atoms with E-state index >= 15 is 0 Å². The molecule has 0 fully saturated rings. The molecular weight excluding hydrogens is 98.1 g/mol. The normalized spacial score (nSPS) is 9.75. The average molecular weight is 114 g/mol. The molecule has 1 heteroatoms. The first-order chi connectivity index (χ1) is 3.55. The Morgan fingerprint density at radius 3 is 1.62 bits per heavy atom. The smallest absolute Gasteiger partial charge is 0.146 e. The molecule has 0 amide bonds. The van der Waals surface area contributed by atoms with Gasteiger partial charge in [-0.3, -0.25) is 0 Å². The quantitative estimate of drug-likeness (QED) is 0.359. The Morgan fingerprint density at radius 1 is 1.25 bits per heavy atom. The van der Waals surface area contributed by atoms with Gasteiger partial charge in [-0.1, -0.05) is 0 Å². The Bertz CT molecular complexity index is 97.0. The summed E-state index contributed by atoms with van der Waals surface area (Å²) in [6, 6.07) is 0.639. The Morgan fingerprint density at radius 2 is 1.62 bits per heavy atom. The molecule has 0 aromatic rings. The summed E-state index contributed by atoms with van der Waals surface area (Å²) in [4.78, 5) is 0. The van der Waals surface area contributed by atoms with Crippen molar-refractivity contribution in [2.24, 2.45) is 0 Å². The first-order valence-electron chi connectivity index (χ1n) is 3.08. The molecule has 0 aliphatic carbocycles. The van der Waals surface area contributed by atoms with E-state index in [4.69, 9.17) is 0 Å². The van der Waals surface area contributed by atoms with Gasteiger partial charge >= 0.3 is 0 Å². The van der Waals surface area contributed by atoms with Crippen LogP contribution in [0.1, 0.15) is 27.7 Å². The molecule has 0 saturated heterocycles. The summed E-state index contributed by atoms with van der Waals surface area (Å²) < 4.78 is 2.25. The largest absolute Gasteiger partial charge is 0.238 e. The van der Waals surface area contributed by atoms with Crippen LogP contribution >= 0.6 is 0 Å². The maximum Gasteiger partial charge on any atom is 0.146 e. The van der Waals surface area contributed by atoms with E-state index in [0.717, 1.165) is 0 Å². The molecular formula is C7H16N+. The minimum atomic E-state index is 0.639. The molecule has 0 rings (SSSR count). The first kappa shape index (κ1) is 7.67. The fourth-order valence-corrected chi connectivity index (χ4v) is 0.516. The highest BCUT2D eigenvalue weighted by molar-refractivity contribution is 5.73. The third-order valence-corrected chi connectivity index (χ3v) is 1.48. The molecule has 0 atom stereocenters. The van der Waals surface area contributed by atoms with Gasteiger partial charge in [-0.2, -0.15) is 0 Å². The zero-order chi connectivity index (χ0) is 6.73. The SMILES string of the molecule is CC(C)=[N+](C)C(C)C. The van der Waals surface area contributed by atoms with Gasteiger partial charge < -0.3 is 0 Å². The molecule has 0 aliphatic rings. The van der Waals surface area contributed by atoms with Gasteiger partial charge in [0.15, 0.2) is 0 Å². The summed E-state index contributed by atoms with van der Waals surface area (Å²) in [5.74, 6) is 0. The van der Waals surface area contributed by atoms with Gasteiger partial charge in [0.1, 0.15) is 18.8 Å². The number of hydrogen-bond donors (Lipinski definition) is 0. The Kier molecular flexibility index (Phi) is 2.74. The van der Waals surface area contributed by atoms with Crippen LogP contribution in [-0.4, -0.2) is 23.4 Å². The molecule has 0 aliphatic heterocycles. The molecule has 0 spiro atoms. The van der Waals surface area contributed by atoms with Gasteiger partial charge in [0.05, 0.1) is 0 Å². The van der Waals surface area contributed by atoms with Crippen molar-refractivity contribution >= 4 is 5.71 Å². The third kappa shape index (κ3) is 2.10. The Hall–Kier alpha value is -0.330. The summed E-state index contributed by atoms with van der Waals surface area (Å²) >= 11 is 0. The highest BCUT2D eigenvalue weighted by Gasteiger charge is 2.02. The monoisotopic (exact) mass is 114 g/mol. The van der Waals surface area contributed by atoms with Crippen LogP contribution in [0.4, 0.5) is 0 Å². The van der Waals surface area contributed by atoms with Gasteiger partial charge in [0.25, 0.3) is 0 Å². The van der Waals surface area contributed by atoms with E-state index in [-0.39, 0.29) is 0 Å². The van der Waals surface area contributed by atoms with Gasteiger partial charge in [-0.25, -0.2) is 4.58 Å². The first-order valence-corrected chi connectivity index (χ1v) is 3.08. The third-order valence-electron chi connectivity index (χ3n) is 1.48. The van der Waals surface area contributed by atoms with Crippen LogP contribution in [0.5, 0.6) is 0 Å².